The van der Waals surface area contributed by atoms with Gasteiger partial charge in [0.2, 0.25) is 5.91 Å². The first-order valence-electron chi connectivity index (χ1n) is 6.42. The van der Waals surface area contributed by atoms with Crippen molar-refractivity contribution in [2.45, 2.75) is 19.3 Å². The van der Waals surface area contributed by atoms with Crippen LogP contribution in [0.25, 0.3) is 0 Å². The smallest absolute Gasteiger partial charge is 0.227 e. The first-order chi connectivity index (χ1) is 9.11. The van der Waals surface area contributed by atoms with Crippen molar-refractivity contribution in [1.82, 2.24) is 5.32 Å². The highest BCUT2D eigenvalue weighted by molar-refractivity contribution is 9.10. The van der Waals surface area contributed by atoms with Crippen LogP contribution in [0.1, 0.15) is 18.4 Å². The summed E-state index contributed by atoms with van der Waals surface area (Å²) in [6.07, 6.45) is 2.57. The summed E-state index contributed by atoms with van der Waals surface area (Å²) >= 11 is 3.44. The minimum absolute atomic E-state index is 0.0870. The molecule has 0 heterocycles. The van der Waals surface area contributed by atoms with Gasteiger partial charge in [-0.3, -0.25) is 4.79 Å². The molecule has 0 bridgehead atoms. The Hall–Kier alpha value is -1.07. The van der Waals surface area contributed by atoms with Crippen LogP contribution in [-0.4, -0.2) is 26.1 Å². The van der Waals surface area contributed by atoms with Crippen molar-refractivity contribution in [3.63, 3.8) is 0 Å². The third-order valence-corrected chi connectivity index (χ3v) is 4.14. The van der Waals surface area contributed by atoms with Gasteiger partial charge in [-0.1, -0.05) is 15.9 Å². The first-order valence-corrected chi connectivity index (χ1v) is 7.21. The minimum atomic E-state index is -0.276. The lowest BCUT2D eigenvalue weighted by Crippen LogP contribution is -2.37. The van der Waals surface area contributed by atoms with Gasteiger partial charge in [0.05, 0.1) is 12.5 Å². The van der Waals surface area contributed by atoms with Crippen LogP contribution < -0.4 is 15.8 Å². The van der Waals surface area contributed by atoms with Crippen LogP contribution in [0.2, 0.25) is 0 Å². The normalized spacial score (nSPS) is 15.9. The van der Waals surface area contributed by atoms with E-state index in [-0.39, 0.29) is 11.3 Å². The number of halogens is 1. The molecule has 1 aromatic carbocycles. The van der Waals surface area contributed by atoms with E-state index in [9.17, 15) is 4.79 Å². The summed E-state index contributed by atoms with van der Waals surface area (Å²) in [5.74, 6) is 0.932. The summed E-state index contributed by atoms with van der Waals surface area (Å²) in [6, 6.07) is 5.87. The summed E-state index contributed by atoms with van der Waals surface area (Å²) < 4.78 is 6.31. The Morgan fingerprint density at radius 3 is 2.84 bits per heavy atom. The third-order valence-electron chi connectivity index (χ3n) is 3.65. The van der Waals surface area contributed by atoms with Crippen molar-refractivity contribution in [2.24, 2.45) is 11.1 Å². The number of amides is 1. The van der Waals surface area contributed by atoms with Gasteiger partial charge in [0.1, 0.15) is 5.75 Å². The molecule has 0 aromatic heterocycles. The zero-order valence-electron chi connectivity index (χ0n) is 11.0. The van der Waals surface area contributed by atoms with E-state index in [2.05, 4.69) is 21.2 Å². The number of benzene rings is 1. The summed E-state index contributed by atoms with van der Waals surface area (Å²) in [6.45, 7) is 1.05. The quantitative estimate of drug-likeness (QED) is 0.838. The number of carbonyl (C=O) groups excluding carboxylic acids is 1. The van der Waals surface area contributed by atoms with E-state index >= 15 is 0 Å². The van der Waals surface area contributed by atoms with Gasteiger partial charge in [-0.2, -0.15) is 0 Å². The van der Waals surface area contributed by atoms with E-state index in [1.54, 1.807) is 7.11 Å². The fourth-order valence-electron chi connectivity index (χ4n) is 2.12. The lowest BCUT2D eigenvalue weighted by Gasteiger charge is -2.14. The molecule has 1 aliphatic carbocycles. The molecular weight excluding hydrogens is 308 g/mol. The zero-order chi connectivity index (χ0) is 13.9. The first kappa shape index (κ1) is 14.3. The fourth-order valence-corrected chi connectivity index (χ4v) is 2.52. The molecule has 1 fully saturated rings. The Labute approximate surface area is 121 Å². The van der Waals surface area contributed by atoms with Crippen molar-refractivity contribution in [2.75, 3.05) is 20.2 Å². The van der Waals surface area contributed by atoms with Gasteiger partial charge < -0.3 is 15.8 Å². The fraction of sp³-hybridized carbons (Fsp3) is 0.500. The van der Waals surface area contributed by atoms with Crippen LogP contribution in [-0.2, 0) is 11.2 Å². The predicted molar refractivity (Wildman–Crippen MR) is 78.1 cm³/mol. The van der Waals surface area contributed by atoms with Crippen molar-refractivity contribution in [3.05, 3.63) is 28.2 Å². The maximum atomic E-state index is 11.9. The van der Waals surface area contributed by atoms with Crippen molar-refractivity contribution in [3.8, 4) is 5.75 Å². The molecule has 1 aliphatic rings. The van der Waals surface area contributed by atoms with Crippen molar-refractivity contribution in [1.29, 1.82) is 0 Å². The topological polar surface area (TPSA) is 64.3 Å². The molecule has 0 unspecified atom stereocenters. The molecule has 19 heavy (non-hydrogen) atoms. The van der Waals surface area contributed by atoms with Gasteiger partial charge in [-0.25, -0.2) is 0 Å². The minimum Gasteiger partial charge on any atom is -0.496 e. The van der Waals surface area contributed by atoms with Crippen molar-refractivity contribution >= 4 is 21.8 Å². The van der Waals surface area contributed by atoms with Gasteiger partial charge in [0, 0.05) is 17.6 Å². The number of methoxy groups -OCH3 is 1. The van der Waals surface area contributed by atoms with Crippen LogP contribution in [0, 0.1) is 5.41 Å². The van der Waals surface area contributed by atoms with E-state index in [1.165, 1.54) is 0 Å². The number of nitrogens with one attached hydrogen (secondary N) is 1. The second-order valence-corrected chi connectivity index (χ2v) is 5.86. The van der Waals surface area contributed by atoms with Gasteiger partial charge in [0.15, 0.2) is 0 Å². The third kappa shape index (κ3) is 3.28. The Morgan fingerprint density at radius 1 is 1.53 bits per heavy atom. The molecule has 1 amide bonds. The van der Waals surface area contributed by atoms with Gasteiger partial charge >= 0.3 is 0 Å². The number of hydrogen-bond donors (Lipinski definition) is 2. The highest BCUT2D eigenvalue weighted by Crippen LogP contribution is 2.44. The van der Waals surface area contributed by atoms with Gasteiger partial charge in [0.25, 0.3) is 0 Å². The standard InChI is InChI=1S/C14H19BrN2O2/c1-19-12-3-2-11(15)8-10(12)4-7-17-13(18)14(9-16)5-6-14/h2-3,8H,4-7,9,16H2,1H3,(H,17,18). The molecule has 4 nitrogen and oxygen atoms in total. The van der Waals surface area contributed by atoms with Crippen LogP contribution in [0.5, 0.6) is 5.75 Å². The monoisotopic (exact) mass is 326 g/mol. The number of nitrogens with two attached hydrogens (primary N) is 1. The van der Waals surface area contributed by atoms with E-state index in [4.69, 9.17) is 10.5 Å². The Morgan fingerprint density at radius 2 is 2.26 bits per heavy atom. The molecule has 104 valence electrons. The Kier molecular flexibility index (Phi) is 4.47. The molecule has 0 saturated heterocycles. The number of rotatable bonds is 6. The van der Waals surface area contributed by atoms with E-state index in [0.29, 0.717) is 13.1 Å². The molecule has 0 aliphatic heterocycles. The number of hydrogen-bond acceptors (Lipinski definition) is 3. The van der Waals surface area contributed by atoms with Crippen molar-refractivity contribution < 1.29 is 9.53 Å². The SMILES string of the molecule is COc1ccc(Br)cc1CCNC(=O)C1(CN)CC1. The molecule has 0 atom stereocenters. The van der Waals surface area contributed by atoms with Gasteiger partial charge in [-0.15, -0.1) is 0 Å². The molecule has 0 spiro atoms. The van der Waals surface area contributed by atoms with Crippen LogP contribution in [0.15, 0.2) is 22.7 Å². The Bertz CT molecular complexity index is 473. The van der Waals surface area contributed by atoms with E-state index in [1.807, 2.05) is 18.2 Å². The lowest BCUT2D eigenvalue weighted by atomic mass is 10.1. The molecule has 1 saturated carbocycles. The summed E-state index contributed by atoms with van der Waals surface area (Å²) in [5, 5.41) is 2.97. The second-order valence-electron chi connectivity index (χ2n) is 4.95. The average molecular weight is 327 g/mol. The van der Waals surface area contributed by atoms with Gasteiger partial charge in [-0.05, 0) is 43.0 Å². The molecule has 3 N–H and O–H groups in total. The maximum absolute atomic E-state index is 11.9. The summed E-state index contributed by atoms with van der Waals surface area (Å²) in [4.78, 5) is 11.9. The highest BCUT2D eigenvalue weighted by Gasteiger charge is 2.48. The molecule has 5 heteroatoms. The molecule has 1 aromatic rings. The molecule has 2 rings (SSSR count). The number of ether oxygens (including phenoxy) is 1. The predicted octanol–water partition coefficient (Wildman–Crippen LogP) is 1.86. The zero-order valence-corrected chi connectivity index (χ0v) is 12.6. The molecular formula is C14H19BrN2O2. The van der Waals surface area contributed by atoms with E-state index in [0.717, 1.165) is 35.0 Å². The van der Waals surface area contributed by atoms with Crippen LogP contribution in [0.3, 0.4) is 0 Å². The maximum Gasteiger partial charge on any atom is 0.227 e. The van der Waals surface area contributed by atoms with Crippen LogP contribution in [0.4, 0.5) is 0 Å². The Balaban J connectivity index is 1.89. The summed E-state index contributed by atoms with van der Waals surface area (Å²) in [5.41, 5.74) is 6.43. The largest absolute Gasteiger partial charge is 0.496 e. The number of carbonyl (C=O) groups is 1. The van der Waals surface area contributed by atoms with Crippen LogP contribution >= 0.6 is 15.9 Å². The summed E-state index contributed by atoms with van der Waals surface area (Å²) in [7, 11) is 1.65. The van der Waals surface area contributed by atoms with E-state index < -0.39 is 0 Å². The average Bonchev–Trinajstić information content (AvgIpc) is 3.20. The second kappa shape index (κ2) is 5.92. The molecule has 0 radical (unpaired) electrons. The highest BCUT2D eigenvalue weighted by atomic mass is 79.9. The lowest BCUT2D eigenvalue weighted by molar-refractivity contribution is -0.125.